The number of amides is 2. The number of aromatic nitrogens is 1. The summed E-state index contributed by atoms with van der Waals surface area (Å²) in [4.78, 5) is 35.2. The fourth-order valence-electron chi connectivity index (χ4n) is 3.79. The molecule has 1 N–H and O–H groups in total. The van der Waals surface area contributed by atoms with E-state index in [2.05, 4.69) is 17.1 Å². The normalized spacial score (nSPS) is 17.3. The van der Waals surface area contributed by atoms with E-state index in [1.54, 1.807) is 24.1 Å². The van der Waals surface area contributed by atoms with Gasteiger partial charge in [-0.25, -0.2) is 9.78 Å². The number of piperidine rings is 1. The van der Waals surface area contributed by atoms with Gasteiger partial charge in [0.1, 0.15) is 11.9 Å². The monoisotopic (exact) mass is 438 g/mol. The third-order valence-electron chi connectivity index (χ3n) is 5.85. The summed E-state index contributed by atoms with van der Waals surface area (Å²) in [6, 6.07) is 8.26. The number of hydrogen-bond acceptors (Lipinski definition) is 8. The van der Waals surface area contributed by atoms with Crippen LogP contribution >= 0.6 is 0 Å². The third kappa shape index (κ3) is 4.77. The molecule has 2 amide bonds. The maximum absolute atomic E-state index is 12.4. The number of pyridine rings is 1. The predicted octanol–water partition coefficient (Wildman–Crippen LogP) is 2.67. The minimum absolute atomic E-state index is 0.0485. The van der Waals surface area contributed by atoms with Gasteiger partial charge >= 0.3 is 6.09 Å². The summed E-state index contributed by atoms with van der Waals surface area (Å²) >= 11 is 0. The summed E-state index contributed by atoms with van der Waals surface area (Å²) in [5, 5.41) is 11.6. The molecule has 0 saturated carbocycles. The van der Waals surface area contributed by atoms with E-state index in [0.717, 1.165) is 25.9 Å². The molecule has 0 aromatic carbocycles. The molecule has 2 fully saturated rings. The third-order valence-corrected chi connectivity index (χ3v) is 5.85. The minimum Gasteiger partial charge on any atom is -0.414 e. The summed E-state index contributed by atoms with van der Waals surface area (Å²) < 4.78 is 10.3. The average molecular weight is 438 g/mol. The van der Waals surface area contributed by atoms with Crippen LogP contribution in [0.3, 0.4) is 0 Å². The summed E-state index contributed by atoms with van der Waals surface area (Å²) in [5.41, 5.74) is 0.515. The molecule has 2 aromatic heterocycles. The number of likely N-dealkylation sites (N-methyl/N-ethyl adjacent to an activating group) is 1. The van der Waals surface area contributed by atoms with Gasteiger partial charge in [-0.05, 0) is 37.0 Å². The lowest BCUT2D eigenvalue weighted by Crippen LogP contribution is -2.49. The van der Waals surface area contributed by atoms with Gasteiger partial charge in [0.15, 0.2) is 5.82 Å². The molecule has 0 spiro atoms. The van der Waals surface area contributed by atoms with E-state index < -0.39 is 6.09 Å². The molecule has 10 heteroatoms. The van der Waals surface area contributed by atoms with Crippen LogP contribution in [-0.2, 0) is 4.79 Å². The molecular weight excluding hydrogens is 412 g/mol. The first kappa shape index (κ1) is 21.5. The van der Waals surface area contributed by atoms with Gasteiger partial charge in [0.2, 0.25) is 11.7 Å². The number of carbonyl (C=O) groups excluding carboxylic acids is 2. The quantitative estimate of drug-likeness (QED) is 0.775. The molecule has 0 radical (unpaired) electrons. The minimum atomic E-state index is -0.736. The fraction of sp³-hybridized carbons (Fsp3) is 0.455. The van der Waals surface area contributed by atoms with Crippen LogP contribution in [0.4, 0.5) is 22.1 Å². The van der Waals surface area contributed by atoms with Crippen LogP contribution in [0, 0.1) is 17.2 Å². The Morgan fingerprint density at radius 1 is 1.19 bits per heavy atom. The van der Waals surface area contributed by atoms with Crippen LogP contribution < -0.4 is 19.9 Å². The molecule has 0 aliphatic carbocycles. The highest BCUT2D eigenvalue weighted by Gasteiger charge is 2.26. The van der Waals surface area contributed by atoms with Crippen molar-refractivity contribution in [2.24, 2.45) is 5.92 Å². The Labute approximate surface area is 186 Å². The predicted molar refractivity (Wildman–Crippen MR) is 118 cm³/mol. The van der Waals surface area contributed by atoms with Crippen molar-refractivity contribution in [2.45, 2.75) is 19.8 Å². The number of anilines is 3. The topological polar surface area (TPSA) is 115 Å². The van der Waals surface area contributed by atoms with Crippen molar-refractivity contribution >= 4 is 29.3 Å². The molecule has 0 bridgehead atoms. The largest absolute Gasteiger partial charge is 0.419 e. The summed E-state index contributed by atoms with van der Waals surface area (Å²) in [7, 11) is 1.80. The number of nitriles is 1. The second-order valence-corrected chi connectivity index (χ2v) is 8.19. The first-order valence-electron chi connectivity index (χ1n) is 10.7. The molecule has 10 nitrogen and oxygen atoms in total. The fourth-order valence-corrected chi connectivity index (χ4v) is 3.79. The van der Waals surface area contributed by atoms with Crippen molar-refractivity contribution in [1.29, 1.82) is 5.26 Å². The average Bonchev–Trinajstić information content (AvgIpc) is 3.24. The SMILES string of the molecule is CC1CCN(c2nc(N3CCN(C)C(=O)C3)ccc2NC(=O)Oc2ccc(C#N)o2)CC1. The Balaban J connectivity index is 1.55. The number of carbonyl (C=O) groups is 2. The number of hydrogen-bond donors (Lipinski definition) is 1. The van der Waals surface area contributed by atoms with E-state index in [-0.39, 0.29) is 24.2 Å². The molecule has 32 heavy (non-hydrogen) atoms. The lowest BCUT2D eigenvalue weighted by Gasteiger charge is -2.35. The van der Waals surface area contributed by atoms with Crippen molar-refractivity contribution in [3.05, 3.63) is 30.0 Å². The molecule has 0 atom stereocenters. The molecule has 2 saturated heterocycles. The van der Waals surface area contributed by atoms with Crippen molar-refractivity contribution in [3.63, 3.8) is 0 Å². The first-order chi connectivity index (χ1) is 15.4. The number of ether oxygens (including phenoxy) is 1. The van der Waals surface area contributed by atoms with Crippen LogP contribution in [0.5, 0.6) is 5.95 Å². The van der Waals surface area contributed by atoms with E-state index in [0.29, 0.717) is 36.3 Å². The first-order valence-corrected chi connectivity index (χ1v) is 10.7. The van der Waals surface area contributed by atoms with Crippen LogP contribution in [0.1, 0.15) is 25.5 Å². The van der Waals surface area contributed by atoms with Crippen molar-refractivity contribution in [3.8, 4) is 12.0 Å². The maximum Gasteiger partial charge on any atom is 0.419 e. The molecule has 168 valence electrons. The van der Waals surface area contributed by atoms with Gasteiger partial charge < -0.3 is 23.9 Å². The van der Waals surface area contributed by atoms with Crippen molar-refractivity contribution in [2.75, 3.05) is 54.9 Å². The van der Waals surface area contributed by atoms with Gasteiger partial charge in [-0.15, -0.1) is 0 Å². The Morgan fingerprint density at radius 2 is 1.97 bits per heavy atom. The van der Waals surface area contributed by atoms with E-state index in [4.69, 9.17) is 19.4 Å². The van der Waals surface area contributed by atoms with E-state index in [1.165, 1.54) is 12.1 Å². The van der Waals surface area contributed by atoms with Crippen LogP contribution in [-0.4, -0.2) is 61.7 Å². The summed E-state index contributed by atoms with van der Waals surface area (Å²) in [6.07, 6.45) is 1.33. The molecule has 4 rings (SSSR count). The molecular formula is C22H26N6O4. The van der Waals surface area contributed by atoms with E-state index in [1.807, 2.05) is 11.0 Å². The molecule has 2 aromatic rings. The zero-order valence-electron chi connectivity index (χ0n) is 18.2. The number of nitrogens with zero attached hydrogens (tertiary/aromatic N) is 5. The Bertz CT molecular complexity index is 1040. The molecule has 0 unspecified atom stereocenters. The highest BCUT2D eigenvalue weighted by atomic mass is 16.6. The van der Waals surface area contributed by atoms with E-state index in [9.17, 15) is 9.59 Å². The second-order valence-electron chi connectivity index (χ2n) is 8.19. The summed E-state index contributed by atoms with van der Waals surface area (Å²) in [6.45, 7) is 5.48. The van der Waals surface area contributed by atoms with Crippen LogP contribution in [0.25, 0.3) is 0 Å². The highest BCUT2D eigenvalue weighted by molar-refractivity contribution is 5.90. The van der Waals surface area contributed by atoms with Crippen LogP contribution in [0.15, 0.2) is 28.7 Å². The zero-order valence-corrected chi connectivity index (χ0v) is 18.2. The van der Waals surface area contributed by atoms with Gasteiger partial charge in [-0.3, -0.25) is 10.1 Å². The molecule has 4 heterocycles. The second kappa shape index (κ2) is 9.18. The number of nitrogens with one attached hydrogen (secondary N) is 1. The van der Waals surface area contributed by atoms with Gasteiger partial charge in [-0.1, -0.05) is 6.92 Å². The van der Waals surface area contributed by atoms with Gasteiger partial charge in [0.05, 0.1) is 12.2 Å². The lowest BCUT2D eigenvalue weighted by molar-refractivity contribution is -0.129. The smallest absolute Gasteiger partial charge is 0.414 e. The van der Waals surface area contributed by atoms with Gasteiger partial charge in [0, 0.05) is 39.3 Å². The maximum atomic E-state index is 12.4. The van der Waals surface area contributed by atoms with Crippen molar-refractivity contribution < 1.29 is 18.7 Å². The number of rotatable bonds is 4. The van der Waals surface area contributed by atoms with E-state index >= 15 is 0 Å². The molecule has 2 aliphatic rings. The van der Waals surface area contributed by atoms with Gasteiger partial charge in [0.25, 0.3) is 5.95 Å². The Kier molecular flexibility index (Phi) is 6.16. The van der Waals surface area contributed by atoms with Crippen molar-refractivity contribution in [1.82, 2.24) is 9.88 Å². The lowest BCUT2D eigenvalue weighted by atomic mass is 9.99. The molecule has 2 aliphatic heterocycles. The number of furan rings is 1. The highest BCUT2D eigenvalue weighted by Crippen LogP contribution is 2.31. The number of piperazine rings is 1. The Hall–Kier alpha value is -3.74. The zero-order chi connectivity index (χ0) is 22.7. The summed E-state index contributed by atoms with van der Waals surface area (Å²) in [5.74, 6) is 2.03. The van der Waals surface area contributed by atoms with Gasteiger partial charge in [-0.2, -0.15) is 5.26 Å². The van der Waals surface area contributed by atoms with Crippen LogP contribution in [0.2, 0.25) is 0 Å². The standard InChI is InChI=1S/C22H26N6O4/c1-15-7-9-27(10-8-15)21-17(24-22(30)32-20-6-3-16(13-23)31-20)4-5-18(25-21)28-12-11-26(2)19(29)14-28/h3-6,15H,7-12,14H2,1-2H3,(H,24,30). The Morgan fingerprint density at radius 3 is 2.66 bits per heavy atom.